The summed E-state index contributed by atoms with van der Waals surface area (Å²) in [5.74, 6) is 0.0837. The Morgan fingerprint density at radius 2 is 2.28 bits per heavy atom. The monoisotopic (exact) mass is 251 g/mol. The Morgan fingerprint density at radius 3 is 2.89 bits per heavy atom. The van der Waals surface area contributed by atoms with Crippen LogP contribution in [0.4, 0.5) is 0 Å². The third-order valence-electron chi connectivity index (χ3n) is 3.26. The Hall–Kier alpha value is -1.33. The summed E-state index contributed by atoms with van der Waals surface area (Å²) in [4.78, 5) is 16.9. The largest absolute Gasteiger partial charge is 0.378 e. The lowest BCUT2D eigenvalue weighted by Crippen LogP contribution is -2.41. The van der Waals surface area contributed by atoms with Gasteiger partial charge in [-0.2, -0.15) is 0 Å². The Labute approximate surface area is 107 Å². The SMILES string of the molecule is NCCCOC1CCN(C(=O)c2ccc[nH]2)CC1. The maximum Gasteiger partial charge on any atom is 0.270 e. The summed E-state index contributed by atoms with van der Waals surface area (Å²) >= 11 is 0. The van der Waals surface area contributed by atoms with Crippen LogP contribution in [0.1, 0.15) is 29.8 Å². The van der Waals surface area contributed by atoms with Crippen molar-refractivity contribution < 1.29 is 9.53 Å². The topological polar surface area (TPSA) is 71.3 Å². The fraction of sp³-hybridized carbons (Fsp3) is 0.615. The molecular formula is C13H21N3O2. The molecule has 1 saturated heterocycles. The molecule has 0 radical (unpaired) electrons. The van der Waals surface area contributed by atoms with Gasteiger partial charge in [0.15, 0.2) is 0 Å². The van der Waals surface area contributed by atoms with Crippen molar-refractivity contribution in [2.75, 3.05) is 26.2 Å². The van der Waals surface area contributed by atoms with Crippen LogP contribution in [0.3, 0.4) is 0 Å². The first-order valence-electron chi connectivity index (χ1n) is 6.55. The molecule has 0 unspecified atom stereocenters. The summed E-state index contributed by atoms with van der Waals surface area (Å²) in [7, 11) is 0. The summed E-state index contributed by atoms with van der Waals surface area (Å²) in [6.07, 6.45) is 4.79. The molecule has 1 amide bonds. The molecule has 18 heavy (non-hydrogen) atoms. The van der Waals surface area contributed by atoms with Gasteiger partial charge in [0, 0.05) is 25.9 Å². The number of carbonyl (C=O) groups excluding carboxylic acids is 1. The number of hydrogen-bond donors (Lipinski definition) is 2. The first-order valence-corrected chi connectivity index (χ1v) is 6.55. The van der Waals surface area contributed by atoms with Crippen LogP contribution in [0.2, 0.25) is 0 Å². The molecule has 2 rings (SSSR count). The van der Waals surface area contributed by atoms with Crippen molar-refractivity contribution in [1.82, 2.24) is 9.88 Å². The van der Waals surface area contributed by atoms with Gasteiger partial charge in [-0.3, -0.25) is 4.79 Å². The first-order chi connectivity index (χ1) is 8.81. The highest BCUT2D eigenvalue weighted by Crippen LogP contribution is 2.15. The fourth-order valence-corrected chi connectivity index (χ4v) is 2.19. The number of carbonyl (C=O) groups is 1. The number of rotatable bonds is 5. The standard InChI is InChI=1S/C13H21N3O2/c14-6-2-10-18-11-4-8-16(9-5-11)13(17)12-3-1-7-15-12/h1,3,7,11,15H,2,4-6,8-10,14H2. The van der Waals surface area contributed by atoms with E-state index in [4.69, 9.17) is 10.5 Å². The maximum absolute atomic E-state index is 12.1. The van der Waals surface area contributed by atoms with E-state index < -0.39 is 0 Å². The van der Waals surface area contributed by atoms with Crippen molar-refractivity contribution in [2.45, 2.75) is 25.4 Å². The van der Waals surface area contributed by atoms with Crippen LogP contribution in [0.15, 0.2) is 18.3 Å². The minimum Gasteiger partial charge on any atom is -0.378 e. The predicted molar refractivity (Wildman–Crippen MR) is 69.3 cm³/mol. The van der Waals surface area contributed by atoms with E-state index in [0.29, 0.717) is 12.2 Å². The second-order valence-electron chi connectivity index (χ2n) is 4.59. The van der Waals surface area contributed by atoms with Crippen LogP contribution in [0.5, 0.6) is 0 Å². The Bertz CT molecular complexity index is 356. The number of H-pyrrole nitrogens is 1. The van der Waals surface area contributed by atoms with E-state index in [-0.39, 0.29) is 12.0 Å². The Morgan fingerprint density at radius 1 is 1.50 bits per heavy atom. The van der Waals surface area contributed by atoms with Gasteiger partial charge in [-0.1, -0.05) is 0 Å². The third kappa shape index (κ3) is 3.34. The van der Waals surface area contributed by atoms with Crippen molar-refractivity contribution in [3.8, 4) is 0 Å². The maximum atomic E-state index is 12.1. The van der Waals surface area contributed by atoms with Crippen LogP contribution in [0, 0.1) is 0 Å². The highest BCUT2D eigenvalue weighted by atomic mass is 16.5. The fourth-order valence-electron chi connectivity index (χ4n) is 2.19. The van der Waals surface area contributed by atoms with Crippen molar-refractivity contribution in [3.05, 3.63) is 24.0 Å². The number of nitrogens with zero attached hydrogens (tertiary/aromatic N) is 1. The van der Waals surface area contributed by atoms with E-state index in [1.54, 1.807) is 6.20 Å². The zero-order chi connectivity index (χ0) is 12.8. The quantitative estimate of drug-likeness (QED) is 0.766. The lowest BCUT2D eigenvalue weighted by molar-refractivity contribution is 0.00831. The van der Waals surface area contributed by atoms with Gasteiger partial charge in [-0.25, -0.2) is 0 Å². The third-order valence-corrected chi connectivity index (χ3v) is 3.26. The van der Waals surface area contributed by atoms with Gasteiger partial charge >= 0.3 is 0 Å². The zero-order valence-corrected chi connectivity index (χ0v) is 10.6. The van der Waals surface area contributed by atoms with Gasteiger partial charge in [0.1, 0.15) is 5.69 Å². The van der Waals surface area contributed by atoms with E-state index in [1.165, 1.54) is 0 Å². The van der Waals surface area contributed by atoms with E-state index in [1.807, 2.05) is 17.0 Å². The number of likely N-dealkylation sites (tertiary alicyclic amines) is 1. The van der Waals surface area contributed by atoms with E-state index in [0.717, 1.165) is 39.0 Å². The highest BCUT2D eigenvalue weighted by Gasteiger charge is 2.24. The molecule has 1 aromatic rings. The smallest absolute Gasteiger partial charge is 0.270 e. The lowest BCUT2D eigenvalue weighted by Gasteiger charge is -2.31. The van der Waals surface area contributed by atoms with Crippen molar-refractivity contribution in [2.24, 2.45) is 5.73 Å². The average molecular weight is 251 g/mol. The summed E-state index contributed by atoms with van der Waals surface area (Å²) < 4.78 is 5.72. The molecule has 3 N–H and O–H groups in total. The summed E-state index contributed by atoms with van der Waals surface area (Å²) in [5, 5.41) is 0. The molecule has 0 bridgehead atoms. The minimum absolute atomic E-state index is 0.0837. The number of piperidine rings is 1. The van der Waals surface area contributed by atoms with E-state index >= 15 is 0 Å². The molecule has 0 aliphatic carbocycles. The normalized spacial score (nSPS) is 17.1. The van der Waals surface area contributed by atoms with E-state index in [2.05, 4.69) is 4.98 Å². The van der Waals surface area contributed by atoms with Crippen LogP contribution in [-0.2, 0) is 4.74 Å². The number of amides is 1. The molecule has 5 nitrogen and oxygen atoms in total. The molecule has 0 spiro atoms. The van der Waals surface area contributed by atoms with Gasteiger partial charge in [-0.15, -0.1) is 0 Å². The van der Waals surface area contributed by atoms with Gasteiger partial charge in [-0.05, 0) is 37.9 Å². The number of aromatic nitrogens is 1. The molecule has 5 heteroatoms. The number of hydrogen-bond acceptors (Lipinski definition) is 3. The summed E-state index contributed by atoms with van der Waals surface area (Å²) in [5.41, 5.74) is 6.09. The minimum atomic E-state index is 0.0837. The summed E-state index contributed by atoms with van der Waals surface area (Å²) in [6.45, 7) is 2.94. The Kier molecular flexibility index (Phi) is 4.78. The molecular weight excluding hydrogens is 230 g/mol. The molecule has 2 heterocycles. The van der Waals surface area contributed by atoms with Gasteiger partial charge in [0.2, 0.25) is 0 Å². The van der Waals surface area contributed by atoms with Crippen LogP contribution >= 0.6 is 0 Å². The number of nitrogens with two attached hydrogens (primary N) is 1. The molecule has 1 aliphatic rings. The van der Waals surface area contributed by atoms with Crippen molar-refractivity contribution in [3.63, 3.8) is 0 Å². The predicted octanol–water partition coefficient (Wildman–Crippen LogP) is 0.985. The molecule has 0 atom stereocenters. The van der Waals surface area contributed by atoms with E-state index in [9.17, 15) is 4.79 Å². The molecule has 0 aromatic carbocycles. The molecule has 100 valence electrons. The van der Waals surface area contributed by atoms with Crippen molar-refractivity contribution in [1.29, 1.82) is 0 Å². The molecule has 0 saturated carbocycles. The van der Waals surface area contributed by atoms with Gasteiger partial charge < -0.3 is 20.4 Å². The van der Waals surface area contributed by atoms with Gasteiger partial charge in [0.25, 0.3) is 5.91 Å². The Balaban J connectivity index is 1.75. The number of ether oxygens (including phenoxy) is 1. The van der Waals surface area contributed by atoms with Gasteiger partial charge in [0.05, 0.1) is 6.10 Å². The van der Waals surface area contributed by atoms with Crippen LogP contribution < -0.4 is 5.73 Å². The second-order valence-corrected chi connectivity index (χ2v) is 4.59. The summed E-state index contributed by atoms with van der Waals surface area (Å²) in [6, 6.07) is 3.65. The average Bonchev–Trinajstić information content (AvgIpc) is 2.93. The van der Waals surface area contributed by atoms with Crippen LogP contribution in [-0.4, -0.2) is 48.1 Å². The molecule has 1 aliphatic heterocycles. The number of nitrogens with one attached hydrogen (secondary N) is 1. The molecule has 1 aromatic heterocycles. The zero-order valence-electron chi connectivity index (χ0n) is 10.6. The highest BCUT2D eigenvalue weighted by molar-refractivity contribution is 5.92. The molecule has 1 fully saturated rings. The van der Waals surface area contributed by atoms with Crippen molar-refractivity contribution >= 4 is 5.91 Å². The first kappa shape index (κ1) is 13.1. The second kappa shape index (κ2) is 6.56. The van der Waals surface area contributed by atoms with Crippen LogP contribution in [0.25, 0.3) is 0 Å². The lowest BCUT2D eigenvalue weighted by atomic mass is 10.1. The number of aromatic amines is 1.